The van der Waals surface area contributed by atoms with Crippen LogP contribution in [0.15, 0.2) is 12.2 Å². The second kappa shape index (κ2) is 26.8. The SMILES string of the molecule is CO[C](=[W])[C@@H]1CC=C[C@H]2CCCC[C@H]21.[C-]#[O+].[C-]#[O+].[C-]#[O+].[C-]#[O+].[C-]#[O+]. The summed E-state index contributed by atoms with van der Waals surface area (Å²) in [4.78, 5) is 0. The molecule has 1 saturated carbocycles. The molecule has 0 unspecified atom stereocenters. The molecule has 2 aliphatic rings. The van der Waals surface area contributed by atoms with E-state index in [-0.39, 0.29) is 0 Å². The first-order valence-electron chi connectivity index (χ1n) is 6.59. The van der Waals surface area contributed by atoms with Gasteiger partial charge in [0, 0.05) is 0 Å². The quantitative estimate of drug-likeness (QED) is 0.323. The summed E-state index contributed by atoms with van der Waals surface area (Å²) in [6.07, 6.45) is 11.7. The van der Waals surface area contributed by atoms with Gasteiger partial charge in [0.05, 0.1) is 0 Å². The molecule has 128 valence electrons. The van der Waals surface area contributed by atoms with Gasteiger partial charge in [-0.3, -0.25) is 0 Å². The van der Waals surface area contributed by atoms with Crippen molar-refractivity contribution < 1.29 is 47.4 Å². The van der Waals surface area contributed by atoms with E-state index in [0.717, 1.165) is 17.8 Å². The molecule has 2 aliphatic carbocycles. The van der Waals surface area contributed by atoms with E-state index in [1.165, 1.54) is 55.5 Å². The van der Waals surface area contributed by atoms with Crippen LogP contribution in [0.25, 0.3) is 0 Å². The average molecular weight is 502 g/mol. The second-order valence-corrected chi connectivity index (χ2v) is 5.85. The molecule has 0 aromatic heterocycles. The van der Waals surface area contributed by atoms with Crippen LogP contribution >= 0.6 is 0 Å². The van der Waals surface area contributed by atoms with Crippen LogP contribution < -0.4 is 0 Å². The standard InChI is InChI=1S/C12H18O.5CO.W/c1-13-9-11-7-4-6-10-5-2-3-8-12(10)11;5*1-2;/h4,6,10-12H,2-3,5,7-8H2,1H3;;;;;;/t10-,11+,12-;;;;;;/m1....../s1. The topological polar surface area (TPSA) is 109 Å². The van der Waals surface area contributed by atoms with E-state index < -0.39 is 0 Å². The number of allylic oxidation sites excluding steroid dienone is 2. The van der Waals surface area contributed by atoms with Crippen LogP contribution in [0.3, 0.4) is 0 Å². The molecule has 0 amide bonds. The van der Waals surface area contributed by atoms with Crippen LogP contribution in [0.1, 0.15) is 32.1 Å². The molecule has 0 aliphatic heterocycles. The summed E-state index contributed by atoms with van der Waals surface area (Å²) in [5.74, 6) is 2.47. The van der Waals surface area contributed by atoms with Crippen molar-refractivity contribution in [2.24, 2.45) is 17.8 Å². The number of fused-ring (bicyclic) bond motifs is 1. The first-order chi connectivity index (χ1) is 11.8. The monoisotopic (exact) mass is 502 g/mol. The zero-order valence-electron chi connectivity index (χ0n) is 13.3. The number of methoxy groups -OCH3 is 1. The number of hydrogen-bond donors (Lipinski definition) is 0. The Hall–Kier alpha value is -1.04. The Morgan fingerprint density at radius 2 is 1.38 bits per heavy atom. The molecule has 0 aromatic carbocycles. The molecular formula is C17H18O6W. The molecule has 0 bridgehead atoms. The molecule has 0 N–H and O–H groups in total. The third kappa shape index (κ3) is 12.4. The Kier molecular flexibility index (Phi) is 34.4. The van der Waals surface area contributed by atoms with Crippen molar-refractivity contribution in [2.45, 2.75) is 32.1 Å². The molecule has 24 heavy (non-hydrogen) atoms. The minimum absolute atomic E-state index is 0.727. The van der Waals surface area contributed by atoms with Gasteiger partial charge in [0.25, 0.3) is 0 Å². The summed E-state index contributed by atoms with van der Waals surface area (Å²) in [7, 11) is 1.83. The van der Waals surface area contributed by atoms with E-state index in [1.807, 2.05) is 7.11 Å². The third-order valence-corrected chi connectivity index (χ3v) is 5.36. The van der Waals surface area contributed by atoms with E-state index in [0.29, 0.717) is 0 Å². The van der Waals surface area contributed by atoms with E-state index in [1.54, 1.807) is 0 Å². The van der Waals surface area contributed by atoms with Gasteiger partial charge < -0.3 is 0 Å². The second-order valence-electron chi connectivity index (χ2n) is 4.41. The summed E-state index contributed by atoms with van der Waals surface area (Å²) in [6, 6.07) is 0. The molecule has 3 atom stereocenters. The van der Waals surface area contributed by atoms with Crippen molar-refractivity contribution in [3.05, 3.63) is 45.4 Å². The van der Waals surface area contributed by atoms with Crippen molar-refractivity contribution >= 4 is 4.08 Å². The van der Waals surface area contributed by atoms with E-state index in [2.05, 4.69) is 45.4 Å². The van der Waals surface area contributed by atoms with Gasteiger partial charge in [0.2, 0.25) is 0 Å². The van der Waals surface area contributed by atoms with Crippen molar-refractivity contribution in [2.75, 3.05) is 7.11 Å². The molecule has 6 nitrogen and oxygen atoms in total. The van der Waals surface area contributed by atoms with Gasteiger partial charge in [-0.05, 0) is 0 Å². The Morgan fingerprint density at radius 3 is 1.83 bits per heavy atom. The molecule has 0 heterocycles. The van der Waals surface area contributed by atoms with E-state index in [4.69, 9.17) is 28.0 Å². The van der Waals surface area contributed by atoms with Crippen LogP contribution in [-0.4, -0.2) is 11.2 Å². The zero-order chi connectivity index (χ0) is 20.0. The van der Waals surface area contributed by atoms with Crippen LogP contribution in [-0.2, 0) is 47.4 Å². The van der Waals surface area contributed by atoms with Crippen LogP contribution in [0.2, 0.25) is 0 Å². The fraction of sp³-hybridized carbons (Fsp3) is 0.529. The van der Waals surface area contributed by atoms with E-state index >= 15 is 0 Å². The van der Waals surface area contributed by atoms with Gasteiger partial charge in [-0.25, -0.2) is 0 Å². The van der Waals surface area contributed by atoms with Gasteiger partial charge in [0.1, 0.15) is 0 Å². The summed E-state index contributed by atoms with van der Waals surface area (Å²) >= 11 is 1.52. The molecule has 0 spiro atoms. The Morgan fingerprint density at radius 1 is 0.917 bits per heavy atom. The van der Waals surface area contributed by atoms with Gasteiger partial charge in [-0.15, -0.1) is 0 Å². The van der Waals surface area contributed by atoms with Gasteiger partial charge in [-0.2, -0.15) is 0 Å². The van der Waals surface area contributed by atoms with Gasteiger partial charge in [0.15, 0.2) is 0 Å². The average Bonchev–Trinajstić information content (AvgIpc) is 2.74. The van der Waals surface area contributed by atoms with Crippen LogP contribution in [0.5, 0.6) is 0 Å². The van der Waals surface area contributed by atoms with Crippen molar-refractivity contribution in [1.29, 1.82) is 0 Å². The van der Waals surface area contributed by atoms with Gasteiger partial charge >= 0.3 is 154 Å². The summed E-state index contributed by atoms with van der Waals surface area (Å²) in [5, 5.41) is 0. The van der Waals surface area contributed by atoms with Crippen molar-refractivity contribution in [1.82, 2.24) is 0 Å². The molecule has 1 fully saturated rings. The van der Waals surface area contributed by atoms with Crippen molar-refractivity contribution in [3.63, 3.8) is 0 Å². The summed E-state index contributed by atoms with van der Waals surface area (Å²) < 4.78 is 44.3. The predicted molar refractivity (Wildman–Crippen MR) is 74.4 cm³/mol. The Bertz CT molecular complexity index is 398. The first kappa shape index (κ1) is 30.8. The first-order valence-corrected chi connectivity index (χ1v) is 8.06. The number of rotatable bonds is 2. The molecule has 0 aromatic rings. The van der Waals surface area contributed by atoms with Crippen molar-refractivity contribution in [3.8, 4) is 0 Å². The van der Waals surface area contributed by atoms with Crippen LogP contribution in [0, 0.1) is 51.0 Å². The maximum atomic E-state index is 7.50. The normalized spacial score (nSPS) is 21.7. The fourth-order valence-electron chi connectivity index (χ4n) is 2.92. The minimum atomic E-state index is 0.727. The summed E-state index contributed by atoms with van der Waals surface area (Å²) in [5.41, 5.74) is 0. The maximum absolute atomic E-state index is 7.50. The van der Waals surface area contributed by atoms with Gasteiger partial charge in [-0.1, -0.05) is 0 Å². The predicted octanol–water partition coefficient (Wildman–Crippen LogP) is 2.50. The molecule has 7 heteroatoms. The number of hydrogen-bond acceptors (Lipinski definition) is 1. The molecule has 0 radical (unpaired) electrons. The van der Waals surface area contributed by atoms with E-state index in [9.17, 15) is 0 Å². The Labute approximate surface area is 154 Å². The Balaban J connectivity index is -0.000000173. The molecule has 0 saturated heterocycles. The fourth-order valence-corrected chi connectivity index (χ4v) is 3.90. The molecular weight excluding hydrogens is 484 g/mol. The summed E-state index contributed by atoms with van der Waals surface area (Å²) in [6.45, 7) is 22.5. The number of ether oxygens (including phenoxy) is 1. The van der Waals surface area contributed by atoms with Crippen LogP contribution in [0.4, 0.5) is 0 Å². The third-order valence-electron chi connectivity index (χ3n) is 3.67. The molecule has 2 rings (SSSR count). The zero-order valence-corrected chi connectivity index (χ0v) is 16.2.